The number of benzene rings is 1. The maximum atomic E-state index is 11.8. The van der Waals surface area contributed by atoms with Crippen molar-refractivity contribution < 1.29 is 28.2 Å². The van der Waals surface area contributed by atoms with Gasteiger partial charge in [0.1, 0.15) is 16.7 Å². The summed E-state index contributed by atoms with van der Waals surface area (Å²) in [6.45, 7) is 0.111. The van der Waals surface area contributed by atoms with E-state index in [1.807, 2.05) is 0 Å². The van der Waals surface area contributed by atoms with Gasteiger partial charge in [-0.1, -0.05) is 30.0 Å². The van der Waals surface area contributed by atoms with Crippen LogP contribution < -0.4 is 14.8 Å². The zero-order chi connectivity index (χ0) is 19.4. The van der Waals surface area contributed by atoms with E-state index in [0.29, 0.717) is 26.5 Å². The second kappa shape index (κ2) is 8.28. The Hall–Kier alpha value is -2.78. The lowest BCUT2D eigenvalue weighted by Crippen LogP contribution is -2.17. The van der Waals surface area contributed by atoms with Crippen molar-refractivity contribution >= 4 is 46.3 Å². The van der Waals surface area contributed by atoms with E-state index < -0.39 is 5.97 Å². The molecule has 0 unspecified atom stereocenters. The number of ether oxygens (including phenoxy) is 3. The quantitative estimate of drug-likeness (QED) is 0.446. The monoisotopic (exact) mass is 405 g/mol. The molecule has 0 bridgehead atoms. The first-order chi connectivity index (χ1) is 13.0. The number of carbonyl (C=O) groups excluding carboxylic acids is 2. The zero-order valence-corrected chi connectivity index (χ0v) is 16.1. The third kappa shape index (κ3) is 4.50. The van der Waals surface area contributed by atoms with Gasteiger partial charge in [0, 0.05) is 0 Å². The van der Waals surface area contributed by atoms with Crippen LogP contribution in [0.5, 0.6) is 11.5 Å². The van der Waals surface area contributed by atoms with Gasteiger partial charge >= 0.3 is 5.97 Å². The number of methoxy groups -OCH3 is 2. The maximum Gasteiger partial charge on any atom is 0.373 e. The molecular weight excluding hydrogens is 390 g/mol. The van der Waals surface area contributed by atoms with Crippen molar-refractivity contribution in [3.8, 4) is 11.5 Å². The number of thioether (sulfide) groups is 1. The smallest absolute Gasteiger partial charge is 0.373 e. The van der Waals surface area contributed by atoms with Crippen LogP contribution in [0.25, 0.3) is 6.08 Å². The van der Waals surface area contributed by atoms with Gasteiger partial charge in [-0.25, -0.2) is 4.79 Å². The van der Waals surface area contributed by atoms with Gasteiger partial charge < -0.3 is 23.9 Å². The average molecular weight is 405 g/mol. The SMILES string of the molecule is COC(=O)c1ccc(COc2ccc(/C=C3/SC(=S)NC3=O)cc2OC)o1. The number of esters is 1. The molecule has 0 atom stereocenters. The minimum Gasteiger partial charge on any atom is -0.493 e. The van der Waals surface area contributed by atoms with Crippen molar-refractivity contribution in [2.45, 2.75) is 6.61 Å². The summed E-state index contributed by atoms with van der Waals surface area (Å²) in [5.74, 6) is 0.796. The zero-order valence-electron chi connectivity index (χ0n) is 14.4. The van der Waals surface area contributed by atoms with E-state index >= 15 is 0 Å². The van der Waals surface area contributed by atoms with Crippen LogP contribution in [0.3, 0.4) is 0 Å². The molecule has 0 spiro atoms. The van der Waals surface area contributed by atoms with Crippen LogP contribution in [0.4, 0.5) is 0 Å². The minimum atomic E-state index is -0.551. The van der Waals surface area contributed by atoms with E-state index in [1.165, 1.54) is 32.0 Å². The van der Waals surface area contributed by atoms with Gasteiger partial charge in [-0.3, -0.25) is 4.79 Å². The van der Waals surface area contributed by atoms with Gasteiger partial charge in [-0.15, -0.1) is 0 Å². The van der Waals surface area contributed by atoms with Crippen molar-refractivity contribution in [3.63, 3.8) is 0 Å². The van der Waals surface area contributed by atoms with Gasteiger partial charge in [-0.2, -0.15) is 0 Å². The Bertz CT molecular complexity index is 934. The van der Waals surface area contributed by atoms with Crippen molar-refractivity contribution in [3.05, 3.63) is 52.3 Å². The molecule has 0 saturated carbocycles. The van der Waals surface area contributed by atoms with Crippen molar-refractivity contribution in [2.24, 2.45) is 0 Å². The molecule has 3 rings (SSSR count). The molecule has 0 radical (unpaired) electrons. The highest BCUT2D eigenvalue weighted by Crippen LogP contribution is 2.32. The molecule has 1 aromatic heterocycles. The van der Waals surface area contributed by atoms with Gasteiger partial charge in [-0.05, 0) is 35.9 Å². The summed E-state index contributed by atoms with van der Waals surface area (Å²) < 4.78 is 21.4. The highest BCUT2D eigenvalue weighted by Gasteiger charge is 2.22. The van der Waals surface area contributed by atoms with Crippen LogP contribution in [-0.4, -0.2) is 30.4 Å². The fraction of sp³-hybridized carbons (Fsp3) is 0.167. The summed E-state index contributed by atoms with van der Waals surface area (Å²) in [7, 11) is 2.80. The number of amides is 1. The third-order valence-electron chi connectivity index (χ3n) is 3.55. The summed E-state index contributed by atoms with van der Waals surface area (Å²) in [5, 5.41) is 2.57. The van der Waals surface area contributed by atoms with Crippen molar-refractivity contribution in [1.29, 1.82) is 0 Å². The lowest BCUT2D eigenvalue weighted by Gasteiger charge is -2.10. The van der Waals surface area contributed by atoms with E-state index in [9.17, 15) is 9.59 Å². The van der Waals surface area contributed by atoms with E-state index in [2.05, 4.69) is 10.1 Å². The highest BCUT2D eigenvalue weighted by atomic mass is 32.2. The molecule has 1 saturated heterocycles. The molecule has 9 heteroatoms. The van der Waals surface area contributed by atoms with Gasteiger partial charge in [0.25, 0.3) is 5.91 Å². The second-order valence-corrected chi connectivity index (χ2v) is 7.03. The van der Waals surface area contributed by atoms with Crippen LogP contribution in [0.1, 0.15) is 21.9 Å². The number of carbonyl (C=O) groups is 2. The molecule has 2 aromatic rings. The first-order valence-electron chi connectivity index (χ1n) is 7.73. The fourth-order valence-corrected chi connectivity index (χ4v) is 3.32. The number of hydrogen-bond acceptors (Lipinski definition) is 8. The van der Waals surface area contributed by atoms with Gasteiger partial charge in [0.15, 0.2) is 11.5 Å². The van der Waals surface area contributed by atoms with Crippen LogP contribution in [0, 0.1) is 0 Å². The number of thiocarbonyl (C=S) groups is 1. The summed E-state index contributed by atoms with van der Waals surface area (Å²) >= 11 is 6.18. The number of furan rings is 1. The Morgan fingerprint density at radius 2 is 2.07 bits per heavy atom. The molecule has 1 fully saturated rings. The molecule has 1 N–H and O–H groups in total. The van der Waals surface area contributed by atoms with Gasteiger partial charge in [0.2, 0.25) is 5.76 Å². The average Bonchev–Trinajstić information content (AvgIpc) is 3.26. The Labute approximate surface area is 164 Å². The van der Waals surface area contributed by atoms with Crippen LogP contribution >= 0.6 is 24.0 Å². The Morgan fingerprint density at radius 3 is 2.74 bits per heavy atom. The summed E-state index contributed by atoms with van der Waals surface area (Å²) in [4.78, 5) is 23.7. The standard InChI is InChI=1S/C18H15NO6S2/c1-22-14-7-10(8-15-16(20)19-18(26)27-15)3-5-12(14)24-9-11-4-6-13(25-11)17(21)23-2/h3-8H,9H2,1-2H3,(H,19,20,26)/b15-8+. The van der Waals surface area contributed by atoms with Crippen LogP contribution in [0.15, 0.2) is 39.7 Å². The Kier molecular flexibility index (Phi) is 5.82. The van der Waals surface area contributed by atoms with Crippen LogP contribution in [-0.2, 0) is 16.1 Å². The molecule has 1 aromatic carbocycles. The second-order valence-electron chi connectivity index (χ2n) is 5.31. The number of nitrogens with one attached hydrogen (secondary N) is 1. The lowest BCUT2D eigenvalue weighted by atomic mass is 10.2. The van der Waals surface area contributed by atoms with Gasteiger partial charge in [0.05, 0.1) is 19.1 Å². The molecule has 1 aliphatic heterocycles. The lowest BCUT2D eigenvalue weighted by molar-refractivity contribution is -0.115. The molecule has 7 nitrogen and oxygen atoms in total. The summed E-state index contributed by atoms with van der Waals surface area (Å²) in [6.07, 6.45) is 1.72. The molecule has 1 amide bonds. The molecular formula is C18H15NO6S2. The molecule has 1 aliphatic rings. The summed E-state index contributed by atoms with van der Waals surface area (Å²) in [6, 6.07) is 8.43. The minimum absolute atomic E-state index is 0.107. The number of rotatable bonds is 6. The molecule has 0 aliphatic carbocycles. The predicted octanol–water partition coefficient (Wildman–Crippen LogP) is 3.14. The van der Waals surface area contributed by atoms with E-state index in [4.69, 9.17) is 26.1 Å². The molecule has 140 valence electrons. The number of hydrogen-bond donors (Lipinski definition) is 1. The molecule has 2 heterocycles. The normalized spacial score (nSPS) is 15.0. The van der Waals surface area contributed by atoms with E-state index in [1.54, 1.807) is 30.3 Å². The summed E-state index contributed by atoms with van der Waals surface area (Å²) in [5.41, 5.74) is 0.771. The third-order valence-corrected chi connectivity index (χ3v) is 4.71. The fourth-order valence-electron chi connectivity index (χ4n) is 2.28. The van der Waals surface area contributed by atoms with E-state index in [0.717, 1.165) is 5.56 Å². The van der Waals surface area contributed by atoms with E-state index in [-0.39, 0.29) is 18.3 Å². The first kappa shape index (κ1) is 19.0. The molecule has 27 heavy (non-hydrogen) atoms. The highest BCUT2D eigenvalue weighted by molar-refractivity contribution is 8.26. The predicted molar refractivity (Wildman–Crippen MR) is 104 cm³/mol. The first-order valence-corrected chi connectivity index (χ1v) is 8.95. The Balaban J connectivity index is 1.72. The van der Waals surface area contributed by atoms with Crippen molar-refractivity contribution in [1.82, 2.24) is 5.32 Å². The topological polar surface area (TPSA) is 87.0 Å². The largest absolute Gasteiger partial charge is 0.493 e. The Morgan fingerprint density at radius 1 is 1.26 bits per heavy atom. The van der Waals surface area contributed by atoms with Crippen LogP contribution in [0.2, 0.25) is 0 Å². The maximum absolute atomic E-state index is 11.8. The van der Waals surface area contributed by atoms with Crippen molar-refractivity contribution in [2.75, 3.05) is 14.2 Å².